The molecule has 1 aliphatic heterocycles. The van der Waals surface area contributed by atoms with Crippen molar-refractivity contribution < 1.29 is 19.6 Å². The van der Waals surface area contributed by atoms with Gasteiger partial charge in [0.25, 0.3) is 5.69 Å². The molecule has 0 radical (unpaired) electrons. The summed E-state index contributed by atoms with van der Waals surface area (Å²) in [4.78, 5) is 23.2. The molecule has 0 bridgehead atoms. The summed E-state index contributed by atoms with van der Waals surface area (Å²) in [5.74, 6) is -0.605. The van der Waals surface area contributed by atoms with Gasteiger partial charge in [-0.15, -0.1) is 12.4 Å². The summed E-state index contributed by atoms with van der Waals surface area (Å²) in [7, 11) is 0. The van der Waals surface area contributed by atoms with E-state index in [-0.39, 0.29) is 24.0 Å². The Morgan fingerprint density at radius 1 is 1.50 bits per heavy atom. The van der Waals surface area contributed by atoms with E-state index in [0.717, 1.165) is 19.4 Å². The Morgan fingerprint density at radius 2 is 2.27 bits per heavy atom. The van der Waals surface area contributed by atoms with E-state index in [4.69, 9.17) is 9.84 Å². The SMILES string of the molecule is Cl.O=C(O)C1CCCN(CCOc2cccc([N+](=O)[O-])c2)C1. The van der Waals surface area contributed by atoms with Gasteiger partial charge in [-0.05, 0) is 25.5 Å². The number of carboxylic acids is 1. The molecule has 1 saturated heterocycles. The first-order valence-electron chi connectivity index (χ1n) is 6.88. The topological polar surface area (TPSA) is 92.9 Å². The molecule has 0 aliphatic carbocycles. The molecule has 122 valence electrons. The van der Waals surface area contributed by atoms with Crippen LogP contribution in [0, 0.1) is 16.0 Å². The van der Waals surface area contributed by atoms with E-state index < -0.39 is 10.9 Å². The minimum atomic E-state index is -0.751. The standard InChI is InChI=1S/C14H18N2O5.ClH/c17-14(18)11-3-2-6-15(10-11)7-8-21-13-5-1-4-12(9-13)16(19)20;/h1,4-5,9,11H,2-3,6-8,10H2,(H,17,18);1H. The van der Waals surface area contributed by atoms with Gasteiger partial charge in [0.2, 0.25) is 0 Å². The monoisotopic (exact) mass is 330 g/mol. The molecule has 0 saturated carbocycles. The Hall–Kier alpha value is -1.86. The van der Waals surface area contributed by atoms with Crippen molar-refractivity contribution >= 4 is 24.1 Å². The quantitative estimate of drug-likeness (QED) is 0.635. The number of nitro groups is 1. The third kappa shape index (κ3) is 5.16. The molecule has 1 unspecified atom stereocenters. The second-order valence-electron chi connectivity index (χ2n) is 5.08. The van der Waals surface area contributed by atoms with Gasteiger partial charge in [-0.3, -0.25) is 19.8 Å². The van der Waals surface area contributed by atoms with Crippen molar-refractivity contribution in [3.63, 3.8) is 0 Å². The molecule has 1 N–H and O–H groups in total. The highest BCUT2D eigenvalue weighted by atomic mass is 35.5. The molecule has 1 atom stereocenters. The molecule has 1 aromatic carbocycles. The zero-order valence-corrected chi connectivity index (χ0v) is 12.8. The van der Waals surface area contributed by atoms with Gasteiger partial charge in [0, 0.05) is 19.2 Å². The zero-order chi connectivity index (χ0) is 15.2. The fourth-order valence-electron chi connectivity index (χ4n) is 2.44. The molecule has 1 aliphatic rings. The van der Waals surface area contributed by atoms with Crippen LogP contribution in [0.25, 0.3) is 0 Å². The van der Waals surface area contributed by atoms with Gasteiger partial charge in [-0.2, -0.15) is 0 Å². The lowest BCUT2D eigenvalue weighted by Gasteiger charge is -2.30. The first kappa shape index (κ1) is 18.2. The van der Waals surface area contributed by atoms with Crippen molar-refractivity contribution in [2.45, 2.75) is 12.8 Å². The van der Waals surface area contributed by atoms with Gasteiger partial charge in [0.05, 0.1) is 16.9 Å². The minimum absolute atomic E-state index is 0. The lowest BCUT2D eigenvalue weighted by molar-refractivity contribution is -0.384. The fourth-order valence-corrected chi connectivity index (χ4v) is 2.44. The van der Waals surface area contributed by atoms with Crippen molar-refractivity contribution in [1.29, 1.82) is 0 Å². The van der Waals surface area contributed by atoms with Gasteiger partial charge in [0.15, 0.2) is 0 Å². The van der Waals surface area contributed by atoms with Gasteiger partial charge < -0.3 is 9.84 Å². The van der Waals surface area contributed by atoms with Crippen LogP contribution in [0.4, 0.5) is 5.69 Å². The number of nitrogens with zero attached hydrogens (tertiary/aromatic N) is 2. The summed E-state index contributed by atoms with van der Waals surface area (Å²) >= 11 is 0. The predicted octanol–water partition coefficient (Wildman–Crippen LogP) is 2.19. The molecule has 8 heteroatoms. The summed E-state index contributed by atoms with van der Waals surface area (Å²) in [6, 6.07) is 6.04. The Balaban J connectivity index is 0.00000242. The Morgan fingerprint density at radius 3 is 2.95 bits per heavy atom. The number of nitro benzene ring substituents is 1. The lowest BCUT2D eigenvalue weighted by atomic mass is 9.98. The van der Waals surface area contributed by atoms with Gasteiger partial charge in [0.1, 0.15) is 12.4 Å². The van der Waals surface area contributed by atoms with E-state index in [9.17, 15) is 14.9 Å². The molecular formula is C14H19ClN2O5. The van der Waals surface area contributed by atoms with Gasteiger partial charge in [-0.1, -0.05) is 6.07 Å². The number of hydrogen-bond donors (Lipinski definition) is 1. The smallest absolute Gasteiger partial charge is 0.307 e. The van der Waals surface area contributed by atoms with Gasteiger partial charge in [-0.25, -0.2) is 0 Å². The van der Waals surface area contributed by atoms with E-state index in [1.807, 2.05) is 0 Å². The normalized spacial score (nSPS) is 18.3. The van der Waals surface area contributed by atoms with Crippen molar-refractivity contribution in [1.82, 2.24) is 4.90 Å². The van der Waals surface area contributed by atoms with Crippen molar-refractivity contribution in [3.05, 3.63) is 34.4 Å². The first-order valence-corrected chi connectivity index (χ1v) is 6.88. The average molecular weight is 331 g/mol. The Kier molecular flexibility index (Phi) is 7.07. The van der Waals surface area contributed by atoms with E-state index >= 15 is 0 Å². The van der Waals surface area contributed by atoms with Crippen LogP contribution in [-0.4, -0.2) is 47.1 Å². The zero-order valence-electron chi connectivity index (χ0n) is 12.0. The molecular weight excluding hydrogens is 312 g/mol. The first-order chi connectivity index (χ1) is 10.1. The third-order valence-corrected chi connectivity index (χ3v) is 3.56. The van der Waals surface area contributed by atoms with Crippen LogP contribution in [-0.2, 0) is 4.79 Å². The van der Waals surface area contributed by atoms with Crippen molar-refractivity contribution in [2.24, 2.45) is 5.92 Å². The van der Waals surface area contributed by atoms with Crippen LogP contribution in [0.15, 0.2) is 24.3 Å². The molecule has 2 rings (SSSR count). The molecule has 1 heterocycles. The van der Waals surface area contributed by atoms with Crippen LogP contribution >= 0.6 is 12.4 Å². The molecule has 0 amide bonds. The van der Waals surface area contributed by atoms with Crippen molar-refractivity contribution in [3.8, 4) is 5.75 Å². The number of likely N-dealkylation sites (tertiary alicyclic amines) is 1. The number of ether oxygens (including phenoxy) is 1. The minimum Gasteiger partial charge on any atom is -0.492 e. The van der Waals surface area contributed by atoms with E-state index in [1.165, 1.54) is 12.1 Å². The molecule has 1 aromatic rings. The molecule has 7 nitrogen and oxygen atoms in total. The second kappa shape index (κ2) is 8.55. The Bertz CT molecular complexity index is 526. The maximum Gasteiger partial charge on any atom is 0.307 e. The molecule has 1 fully saturated rings. The van der Waals surface area contributed by atoms with Crippen LogP contribution in [0.2, 0.25) is 0 Å². The summed E-state index contributed by atoms with van der Waals surface area (Å²) < 4.78 is 5.50. The number of hydrogen-bond acceptors (Lipinski definition) is 5. The number of rotatable bonds is 6. The number of benzene rings is 1. The molecule has 22 heavy (non-hydrogen) atoms. The summed E-state index contributed by atoms with van der Waals surface area (Å²) in [5, 5.41) is 19.7. The molecule has 0 spiro atoms. The number of non-ortho nitro benzene ring substituents is 1. The predicted molar refractivity (Wildman–Crippen MR) is 82.6 cm³/mol. The van der Waals surface area contributed by atoms with Crippen LogP contribution in [0.5, 0.6) is 5.75 Å². The number of carboxylic acid groups (broad SMARTS) is 1. The van der Waals surface area contributed by atoms with E-state index in [2.05, 4.69) is 4.90 Å². The van der Waals surface area contributed by atoms with Crippen molar-refractivity contribution in [2.75, 3.05) is 26.2 Å². The summed E-state index contributed by atoms with van der Waals surface area (Å²) in [6.07, 6.45) is 1.59. The number of aliphatic carboxylic acids is 1. The summed E-state index contributed by atoms with van der Waals surface area (Å²) in [5.41, 5.74) is -0.00332. The molecule has 0 aromatic heterocycles. The second-order valence-corrected chi connectivity index (χ2v) is 5.08. The van der Waals surface area contributed by atoms with E-state index in [0.29, 0.717) is 25.4 Å². The average Bonchev–Trinajstić information content (AvgIpc) is 2.48. The fraction of sp³-hybridized carbons (Fsp3) is 0.500. The highest BCUT2D eigenvalue weighted by Crippen LogP contribution is 2.20. The number of piperidine rings is 1. The maximum atomic E-state index is 11.0. The highest BCUT2D eigenvalue weighted by molar-refractivity contribution is 5.85. The summed E-state index contributed by atoms with van der Waals surface area (Å²) in [6.45, 7) is 2.40. The van der Waals surface area contributed by atoms with Crippen LogP contribution in [0.1, 0.15) is 12.8 Å². The number of carbonyl (C=O) groups is 1. The highest BCUT2D eigenvalue weighted by Gasteiger charge is 2.24. The van der Waals surface area contributed by atoms with Gasteiger partial charge >= 0.3 is 5.97 Å². The van der Waals surface area contributed by atoms with Crippen LogP contribution < -0.4 is 4.74 Å². The number of halogens is 1. The van der Waals surface area contributed by atoms with Crippen LogP contribution in [0.3, 0.4) is 0 Å². The van der Waals surface area contributed by atoms with E-state index in [1.54, 1.807) is 12.1 Å². The lowest BCUT2D eigenvalue weighted by Crippen LogP contribution is -2.40. The largest absolute Gasteiger partial charge is 0.492 e. The third-order valence-electron chi connectivity index (χ3n) is 3.56. The Labute approximate surface area is 134 Å². The maximum absolute atomic E-state index is 11.0.